The van der Waals surface area contributed by atoms with Crippen LogP contribution in [0.5, 0.6) is 0 Å². The van der Waals surface area contributed by atoms with Gasteiger partial charge in [0.2, 0.25) is 0 Å². The summed E-state index contributed by atoms with van der Waals surface area (Å²) in [4.78, 5) is 11.3. The van der Waals surface area contributed by atoms with Crippen molar-refractivity contribution in [2.24, 2.45) is 11.5 Å². The third kappa shape index (κ3) is 2.77. The van der Waals surface area contributed by atoms with Crippen LogP contribution in [0.2, 0.25) is 0 Å². The average Bonchev–Trinajstić information content (AvgIpc) is 2.32. The molecule has 0 radical (unpaired) electrons. The minimum atomic E-state index is -0.405. The number of nitrogens with two attached hydrogens (primary N) is 2. The van der Waals surface area contributed by atoms with Crippen molar-refractivity contribution >= 4 is 11.6 Å². The molecule has 1 saturated carbocycles. The number of hydrogen-bond donors (Lipinski definition) is 3. The van der Waals surface area contributed by atoms with Crippen molar-refractivity contribution in [3.05, 3.63) is 29.8 Å². The van der Waals surface area contributed by atoms with Crippen molar-refractivity contribution < 1.29 is 4.79 Å². The van der Waals surface area contributed by atoms with Crippen LogP contribution in [0.25, 0.3) is 0 Å². The highest BCUT2D eigenvalue weighted by molar-refractivity contribution is 5.98. The monoisotopic (exact) mass is 233 g/mol. The molecule has 1 aromatic carbocycles. The molecule has 17 heavy (non-hydrogen) atoms. The molecule has 0 heterocycles. The number of benzene rings is 1. The Bertz CT molecular complexity index is 405. The van der Waals surface area contributed by atoms with Gasteiger partial charge in [0.25, 0.3) is 5.91 Å². The number of rotatable bonds is 3. The summed E-state index contributed by atoms with van der Waals surface area (Å²) in [7, 11) is 0. The fourth-order valence-electron chi connectivity index (χ4n) is 2.36. The van der Waals surface area contributed by atoms with E-state index in [9.17, 15) is 4.79 Å². The summed E-state index contributed by atoms with van der Waals surface area (Å²) in [5, 5.41) is 3.35. The van der Waals surface area contributed by atoms with E-state index in [1.54, 1.807) is 6.07 Å². The average molecular weight is 233 g/mol. The van der Waals surface area contributed by atoms with Crippen LogP contribution >= 0.6 is 0 Å². The van der Waals surface area contributed by atoms with Crippen molar-refractivity contribution in [3.8, 4) is 0 Å². The molecule has 2 unspecified atom stereocenters. The van der Waals surface area contributed by atoms with Crippen LogP contribution in [0.4, 0.5) is 5.69 Å². The lowest BCUT2D eigenvalue weighted by Gasteiger charge is -2.30. The minimum Gasteiger partial charge on any atom is -0.380 e. The molecule has 92 valence electrons. The van der Waals surface area contributed by atoms with E-state index < -0.39 is 5.91 Å². The second-order valence-electron chi connectivity index (χ2n) is 4.61. The van der Waals surface area contributed by atoms with Gasteiger partial charge in [-0.05, 0) is 25.0 Å². The SMILES string of the molecule is NC(=O)c1ccccc1NC1CCCCC1N. The number of carbonyl (C=O) groups is 1. The Labute approximate surface area is 101 Å². The van der Waals surface area contributed by atoms with Crippen LogP contribution in [0.15, 0.2) is 24.3 Å². The van der Waals surface area contributed by atoms with Crippen LogP contribution in [0.3, 0.4) is 0 Å². The highest BCUT2D eigenvalue weighted by atomic mass is 16.1. The van der Waals surface area contributed by atoms with Gasteiger partial charge in [-0.3, -0.25) is 4.79 Å². The molecule has 0 spiro atoms. The van der Waals surface area contributed by atoms with Gasteiger partial charge in [0, 0.05) is 17.8 Å². The Morgan fingerprint density at radius 3 is 2.65 bits per heavy atom. The molecule has 1 aliphatic carbocycles. The molecule has 0 aliphatic heterocycles. The predicted molar refractivity (Wildman–Crippen MR) is 68.8 cm³/mol. The third-order valence-electron chi connectivity index (χ3n) is 3.35. The number of nitrogens with one attached hydrogen (secondary N) is 1. The van der Waals surface area contributed by atoms with Crippen LogP contribution < -0.4 is 16.8 Å². The fraction of sp³-hybridized carbons (Fsp3) is 0.462. The lowest BCUT2D eigenvalue weighted by molar-refractivity contribution is 0.100. The molecule has 1 aromatic rings. The van der Waals surface area contributed by atoms with Gasteiger partial charge in [-0.1, -0.05) is 25.0 Å². The summed E-state index contributed by atoms with van der Waals surface area (Å²) in [6.45, 7) is 0. The summed E-state index contributed by atoms with van der Waals surface area (Å²) >= 11 is 0. The van der Waals surface area contributed by atoms with E-state index in [0.717, 1.165) is 18.5 Å². The van der Waals surface area contributed by atoms with Crippen LogP contribution in [-0.2, 0) is 0 Å². The zero-order valence-electron chi connectivity index (χ0n) is 9.86. The number of anilines is 1. The molecule has 1 aliphatic rings. The molecule has 1 amide bonds. The molecule has 0 aromatic heterocycles. The zero-order chi connectivity index (χ0) is 12.3. The highest BCUT2D eigenvalue weighted by Gasteiger charge is 2.22. The number of hydrogen-bond acceptors (Lipinski definition) is 3. The van der Waals surface area contributed by atoms with Crippen molar-refractivity contribution in [3.63, 3.8) is 0 Å². The van der Waals surface area contributed by atoms with Crippen molar-refractivity contribution in [1.82, 2.24) is 0 Å². The number of amides is 1. The molecule has 1 fully saturated rings. The summed E-state index contributed by atoms with van der Waals surface area (Å²) in [5.74, 6) is -0.405. The van der Waals surface area contributed by atoms with Crippen molar-refractivity contribution in [2.75, 3.05) is 5.32 Å². The van der Waals surface area contributed by atoms with E-state index in [1.807, 2.05) is 18.2 Å². The molecule has 2 rings (SSSR count). The molecule has 0 saturated heterocycles. The van der Waals surface area contributed by atoms with Gasteiger partial charge in [-0.2, -0.15) is 0 Å². The van der Waals surface area contributed by atoms with Crippen LogP contribution in [-0.4, -0.2) is 18.0 Å². The standard InChI is InChI=1S/C13H19N3O/c14-10-6-2-4-8-12(10)16-11-7-3-1-5-9(11)13(15)17/h1,3,5,7,10,12,16H,2,4,6,8,14H2,(H2,15,17). The van der Waals surface area contributed by atoms with Gasteiger partial charge in [0.05, 0.1) is 5.56 Å². The first-order valence-corrected chi connectivity index (χ1v) is 6.09. The lowest BCUT2D eigenvalue weighted by atomic mass is 9.90. The molecule has 4 nitrogen and oxygen atoms in total. The van der Waals surface area contributed by atoms with Gasteiger partial charge in [-0.25, -0.2) is 0 Å². The van der Waals surface area contributed by atoms with Gasteiger partial charge in [0.15, 0.2) is 0 Å². The Morgan fingerprint density at radius 1 is 1.24 bits per heavy atom. The van der Waals surface area contributed by atoms with Gasteiger partial charge < -0.3 is 16.8 Å². The molecular weight excluding hydrogens is 214 g/mol. The Balaban J connectivity index is 2.14. The predicted octanol–water partition coefficient (Wildman–Crippen LogP) is 1.47. The minimum absolute atomic E-state index is 0.157. The zero-order valence-corrected chi connectivity index (χ0v) is 9.86. The largest absolute Gasteiger partial charge is 0.380 e. The maximum absolute atomic E-state index is 11.3. The van der Waals surface area contributed by atoms with E-state index in [1.165, 1.54) is 12.8 Å². The smallest absolute Gasteiger partial charge is 0.250 e. The van der Waals surface area contributed by atoms with E-state index in [4.69, 9.17) is 11.5 Å². The molecule has 0 bridgehead atoms. The van der Waals surface area contributed by atoms with E-state index in [2.05, 4.69) is 5.32 Å². The normalized spacial score (nSPS) is 24.3. The van der Waals surface area contributed by atoms with E-state index >= 15 is 0 Å². The maximum atomic E-state index is 11.3. The Morgan fingerprint density at radius 2 is 1.94 bits per heavy atom. The number of para-hydroxylation sites is 1. The summed E-state index contributed by atoms with van der Waals surface area (Å²) in [5.41, 5.74) is 12.7. The first-order valence-electron chi connectivity index (χ1n) is 6.09. The van der Waals surface area contributed by atoms with Crippen molar-refractivity contribution in [2.45, 2.75) is 37.8 Å². The summed E-state index contributed by atoms with van der Waals surface area (Å²) < 4.78 is 0. The molecule has 4 heteroatoms. The van der Waals surface area contributed by atoms with Crippen LogP contribution in [0.1, 0.15) is 36.0 Å². The first kappa shape index (κ1) is 11.9. The first-order chi connectivity index (χ1) is 8.18. The van der Waals surface area contributed by atoms with Gasteiger partial charge >= 0.3 is 0 Å². The lowest BCUT2D eigenvalue weighted by Crippen LogP contribution is -2.42. The summed E-state index contributed by atoms with van der Waals surface area (Å²) in [6, 6.07) is 7.71. The van der Waals surface area contributed by atoms with E-state index in [-0.39, 0.29) is 12.1 Å². The van der Waals surface area contributed by atoms with Gasteiger partial charge in [-0.15, -0.1) is 0 Å². The molecular formula is C13H19N3O. The van der Waals surface area contributed by atoms with E-state index in [0.29, 0.717) is 5.56 Å². The quantitative estimate of drug-likeness (QED) is 0.739. The third-order valence-corrected chi connectivity index (χ3v) is 3.35. The number of carbonyl (C=O) groups excluding carboxylic acids is 1. The highest BCUT2D eigenvalue weighted by Crippen LogP contribution is 2.23. The summed E-state index contributed by atoms with van der Waals surface area (Å²) in [6.07, 6.45) is 4.46. The molecule has 2 atom stereocenters. The second-order valence-corrected chi connectivity index (χ2v) is 4.61. The number of primary amides is 1. The topological polar surface area (TPSA) is 81.1 Å². The Hall–Kier alpha value is -1.55. The van der Waals surface area contributed by atoms with Gasteiger partial charge in [0.1, 0.15) is 0 Å². The maximum Gasteiger partial charge on any atom is 0.250 e. The Kier molecular flexibility index (Phi) is 3.64. The second kappa shape index (κ2) is 5.19. The van der Waals surface area contributed by atoms with Crippen molar-refractivity contribution in [1.29, 1.82) is 0 Å². The fourth-order valence-corrected chi connectivity index (χ4v) is 2.36. The molecule has 5 N–H and O–H groups in total. The van der Waals surface area contributed by atoms with Crippen LogP contribution in [0, 0.1) is 0 Å².